The van der Waals surface area contributed by atoms with Gasteiger partial charge in [0.25, 0.3) is 0 Å². The Balaban J connectivity index is 1.93. The summed E-state index contributed by atoms with van der Waals surface area (Å²) in [6.45, 7) is 3.50. The average molecular weight is 189 g/mol. The summed E-state index contributed by atoms with van der Waals surface area (Å²) in [5.41, 5.74) is 1.53. The quantitative estimate of drug-likeness (QED) is 0.767. The zero-order chi connectivity index (χ0) is 9.97. The van der Waals surface area contributed by atoms with Gasteiger partial charge in [0.15, 0.2) is 0 Å². The third-order valence-corrected chi connectivity index (χ3v) is 3.32. The molecule has 0 amide bonds. The summed E-state index contributed by atoms with van der Waals surface area (Å²) in [6, 6.07) is 10.9. The third-order valence-electron chi connectivity index (χ3n) is 3.32. The van der Waals surface area contributed by atoms with Crippen LogP contribution in [0.25, 0.3) is 0 Å². The van der Waals surface area contributed by atoms with Crippen molar-refractivity contribution in [2.24, 2.45) is 11.8 Å². The summed E-state index contributed by atoms with van der Waals surface area (Å²) in [6.07, 6.45) is 1.38. The molecular formula is C13H19N. The summed E-state index contributed by atoms with van der Waals surface area (Å²) in [4.78, 5) is 0. The zero-order valence-electron chi connectivity index (χ0n) is 9.03. The van der Waals surface area contributed by atoms with E-state index in [4.69, 9.17) is 0 Å². The maximum absolute atomic E-state index is 3.26. The Labute approximate surface area is 86.5 Å². The molecule has 0 aromatic heterocycles. The molecule has 0 spiro atoms. The van der Waals surface area contributed by atoms with E-state index in [1.165, 1.54) is 12.0 Å². The van der Waals surface area contributed by atoms with Gasteiger partial charge >= 0.3 is 0 Å². The van der Waals surface area contributed by atoms with Crippen LogP contribution in [0.3, 0.4) is 0 Å². The van der Waals surface area contributed by atoms with Gasteiger partial charge in [-0.05, 0) is 43.3 Å². The Bertz CT molecular complexity index is 281. The monoisotopic (exact) mass is 189 g/mol. The Morgan fingerprint density at radius 3 is 2.71 bits per heavy atom. The van der Waals surface area contributed by atoms with Gasteiger partial charge in [-0.2, -0.15) is 0 Å². The first kappa shape index (κ1) is 9.72. The van der Waals surface area contributed by atoms with Crippen molar-refractivity contribution in [1.29, 1.82) is 0 Å². The van der Waals surface area contributed by atoms with Gasteiger partial charge in [0.05, 0.1) is 0 Å². The highest BCUT2D eigenvalue weighted by Crippen LogP contribution is 2.51. The largest absolute Gasteiger partial charge is 0.319 e. The minimum atomic E-state index is 0.810. The number of nitrogens with one attached hydrogen (secondary N) is 1. The lowest BCUT2D eigenvalue weighted by Crippen LogP contribution is -2.18. The molecule has 1 aromatic rings. The first-order valence-electron chi connectivity index (χ1n) is 5.52. The van der Waals surface area contributed by atoms with Gasteiger partial charge in [0.1, 0.15) is 0 Å². The van der Waals surface area contributed by atoms with Gasteiger partial charge in [-0.15, -0.1) is 0 Å². The van der Waals surface area contributed by atoms with Crippen LogP contribution in [0.4, 0.5) is 0 Å². The molecule has 0 heterocycles. The molecule has 3 atom stereocenters. The maximum atomic E-state index is 3.26. The minimum absolute atomic E-state index is 0.810. The molecule has 1 aromatic carbocycles. The van der Waals surface area contributed by atoms with E-state index in [0.29, 0.717) is 0 Å². The fourth-order valence-electron chi connectivity index (χ4n) is 2.40. The van der Waals surface area contributed by atoms with Crippen molar-refractivity contribution in [2.75, 3.05) is 13.6 Å². The van der Waals surface area contributed by atoms with Crippen molar-refractivity contribution in [3.63, 3.8) is 0 Å². The van der Waals surface area contributed by atoms with Crippen LogP contribution in [-0.2, 0) is 0 Å². The van der Waals surface area contributed by atoms with Gasteiger partial charge in [-0.1, -0.05) is 37.3 Å². The second-order valence-electron chi connectivity index (χ2n) is 4.45. The Morgan fingerprint density at radius 2 is 2.07 bits per heavy atom. The first-order chi connectivity index (χ1) is 6.83. The summed E-state index contributed by atoms with van der Waals surface area (Å²) in [7, 11) is 2.04. The van der Waals surface area contributed by atoms with E-state index in [-0.39, 0.29) is 0 Å². The molecule has 0 radical (unpaired) electrons. The highest BCUT2D eigenvalue weighted by molar-refractivity contribution is 5.25. The molecule has 1 aliphatic carbocycles. The van der Waals surface area contributed by atoms with Crippen LogP contribution in [0, 0.1) is 11.8 Å². The maximum Gasteiger partial charge on any atom is -0.00233 e. The molecule has 1 aliphatic rings. The molecule has 1 heteroatoms. The predicted molar refractivity (Wildman–Crippen MR) is 60.4 cm³/mol. The lowest BCUT2D eigenvalue weighted by molar-refractivity contribution is 0.474. The first-order valence-corrected chi connectivity index (χ1v) is 5.52. The molecule has 1 saturated carbocycles. The van der Waals surface area contributed by atoms with Gasteiger partial charge in [0.2, 0.25) is 0 Å². The van der Waals surface area contributed by atoms with Crippen LogP contribution in [0.5, 0.6) is 0 Å². The van der Waals surface area contributed by atoms with Crippen molar-refractivity contribution in [3.8, 4) is 0 Å². The number of rotatable bonds is 4. The highest BCUT2D eigenvalue weighted by Gasteiger charge is 2.41. The molecule has 1 fully saturated rings. The molecule has 2 rings (SSSR count). The Morgan fingerprint density at radius 1 is 1.36 bits per heavy atom. The van der Waals surface area contributed by atoms with Gasteiger partial charge in [0, 0.05) is 0 Å². The van der Waals surface area contributed by atoms with Gasteiger partial charge < -0.3 is 5.32 Å². The van der Waals surface area contributed by atoms with Crippen molar-refractivity contribution in [2.45, 2.75) is 19.3 Å². The van der Waals surface area contributed by atoms with E-state index >= 15 is 0 Å². The predicted octanol–water partition coefficient (Wildman–Crippen LogP) is 2.65. The fraction of sp³-hybridized carbons (Fsp3) is 0.538. The molecule has 1 nitrogen and oxygen atoms in total. The lowest BCUT2D eigenvalue weighted by atomic mass is 10.0. The van der Waals surface area contributed by atoms with Crippen LogP contribution in [0.1, 0.15) is 24.8 Å². The van der Waals surface area contributed by atoms with Crippen molar-refractivity contribution < 1.29 is 0 Å². The topological polar surface area (TPSA) is 12.0 Å². The third kappa shape index (κ3) is 1.98. The Hall–Kier alpha value is -0.820. The van der Waals surface area contributed by atoms with Crippen molar-refractivity contribution >= 4 is 0 Å². The fourth-order valence-corrected chi connectivity index (χ4v) is 2.40. The average Bonchev–Trinajstić information content (AvgIpc) is 2.99. The second-order valence-corrected chi connectivity index (χ2v) is 4.45. The summed E-state index contributed by atoms with van der Waals surface area (Å²) in [5.74, 6) is 2.55. The van der Waals surface area contributed by atoms with Gasteiger partial charge in [-0.3, -0.25) is 0 Å². The van der Waals surface area contributed by atoms with Crippen LogP contribution < -0.4 is 5.32 Å². The van der Waals surface area contributed by atoms with E-state index in [1.807, 2.05) is 7.05 Å². The number of hydrogen-bond acceptors (Lipinski definition) is 1. The standard InChI is InChI=1S/C13H19N/c1-10(9-14-2)12-8-13(12)11-6-4-3-5-7-11/h3-7,10,12-14H,8-9H2,1-2H3. The van der Waals surface area contributed by atoms with Gasteiger partial charge in [-0.25, -0.2) is 0 Å². The molecule has 14 heavy (non-hydrogen) atoms. The lowest BCUT2D eigenvalue weighted by Gasteiger charge is -2.09. The van der Waals surface area contributed by atoms with E-state index in [1.54, 1.807) is 0 Å². The summed E-state index contributed by atoms with van der Waals surface area (Å²) < 4.78 is 0. The molecule has 0 saturated heterocycles. The highest BCUT2D eigenvalue weighted by atomic mass is 14.8. The molecule has 3 unspecified atom stereocenters. The summed E-state index contributed by atoms with van der Waals surface area (Å²) >= 11 is 0. The molecular weight excluding hydrogens is 170 g/mol. The second kappa shape index (κ2) is 4.14. The van der Waals surface area contributed by atoms with Crippen molar-refractivity contribution in [3.05, 3.63) is 35.9 Å². The Kier molecular flexibility index (Phi) is 2.87. The molecule has 0 bridgehead atoms. The SMILES string of the molecule is CNCC(C)C1CC1c1ccccc1. The normalized spacial score (nSPS) is 27.3. The smallest absolute Gasteiger partial charge is 0.00233 e. The van der Waals surface area contributed by atoms with Crippen LogP contribution in [0.2, 0.25) is 0 Å². The number of hydrogen-bond donors (Lipinski definition) is 1. The molecule has 76 valence electrons. The number of benzene rings is 1. The zero-order valence-corrected chi connectivity index (χ0v) is 9.03. The van der Waals surface area contributed by atoms with E-state index in [2.05, 4.69) is 42.6 Å². The van der Waals surface area contributed by atoms with Crippen molar-refractivity contribution in [1.82, 2.24) is 5.32 Å². The van der Waals surface area contributed by atoms with Crippen LogP contribution >= 0.6 is 0 Å². The molecule has 0 aliphatic heterocycles. The summed E-state index contributed by atoms with van der Waals surface area (Å²) in [5, 5.41) is 3.26. The molecule has 1 N–H and O–H groups in total. The van der Waals surface area contributed by atoms with E-state index in [0.717, 1.165) is 24.3 Å². The minimum Gasteiger partial charge on any atom is -0.319 e. The van der Waals surface area contributed by atoms with Crippen LogP contribution in [0.15, 0.2) is 30.3 Å². The van der Waals surface area contributed by atoms with E-state index in [9.17, 15) is 0 Å². The van der Waals surface area contributed by atoms with E-state index < -0.39 is 0 Å². The van der Waals surface area contributed by atoms with Crippen LogP contribution in [-0.4, -0.2) is 13.6 Å².